The second-order valence-electron chi connectivity index (χ2n) is 3.84. The highest BCUT2D eigenvalue weighted by molar-refractivity contribution is 9.10. The molecule has 0 atom stereocenters. The summed E-state index contributed by atoms with van der Waals surface area (Å²) in [7, 11) is -3.77. The van der Waals surface area contributed by atoms with Crippen LogP contribution in [0.25, 0.3) is 0 Å². The van der Waals surface area contributed by atoms with Crippen molar-refractivity contribution in [3.63, 3.8) is 0 Å². The Morgan fingerprint density at radius 3 is 2.62 bits per heavy atom. The second-order valence-corrected chi connectivity index (χ2v) is 8.40. The van der Waals surface area contributed by atoms with Gasteiger partial charge < -0.3 is 10.9 Å². The molecule has 112 valence electrons. The number of oxime groups is 1. The van der Waals surface area contributed by atoms with Crippen LogP contribution in [0.3, 0.4) is 0 Å². The Kier molecular flexibility index (Phi) is 4.91. The Bertz CT molecular complexity index is 803. The van der Waals surface area contributed by atoms with Gasteiger partial charge in [0.1, 0.15) is 0 Å². The van der Waals surface area contributed by atoms with Crippen LogP contribution in [0.4, 0.5) is 5.69 Å². The minimum absolute atomic E-state index is 0.146. The molecule has 0 fully saturated rings. The maximum atomic E-state index is 12.4. The van der Waals surface area contributed by atoms with Gasteiger partial charge in [-0.1, -0.05) is 21.1 Å². The Balaban J connectivity index is 2.49. The first kappa shape index (κ1) is 16.3. The molecule has 2 aromatic rings. The van der Waals surface area contributed by atoms with Crippen molar-refractivity contribution in [2.75, 3.05) is 4.72 Å². The van der Waals surface area contributed by atoms with Crippen LogP contribution in [0.2, 0.25) is 0 Å². The molecule has 0 aliphatic heterocycles. The number of sulfonamides is 1. The number of hydrogen-bond acceptors (Lipinski definition) is 5. The van der Waals surface area contributed by atoms with Crippen LogP contribution in [0.15, 0.2) is 48.0 Å². The third-order valence-corrected chi connectivity index (χ3v) is 6.97. The van der Waals surface area contributed by atoms with E-state index in [2.05, 4.69) is 41.7 Å². The average Bonchev–Trinajstić information content (AvgIpc) is 2.85. The van der Waals surface area contributed by atoms with Crippen LogP contribution in [-0.2, 0) is 10.0 Å². The number of thiophene rings is 1. The van der Waals surface area contributed by atoms with Gasteiger partial charge in [-0.15, -0.1) is 11.3 Å². The minimum atomic E-state index is -3.77. The Labute approximate surface area is 142 Å². The first-order valence-corrected chi connectivity index (χ1v) is 9.33. The first-order valence-electron chi connectivity index (χ1n) is 5.38. The van der Waals surface area contributed by atoms with Crippen LogP contribution in [0, 0.1) is 0 Å². The number of nitrogens with zero attached hydrogens (tertiary/aromatic N) is 1. The van der Waals surface area contributed by atoms with Gasteiger partial charge >= 0.3 is 0 Å². The van der Waals surface area contributed by atoms with Crippen LogP contribution >= 0.6 is 43.2 Å². The van der Waals surface area contributed by atoms with Gasteiger partial charge in [0, 0.05) is 14.5 Å². The highest BCUT2D eigenvalue weighted by Gasteiger charge is 2.21. The molecule has 2 rings (SSSR count). The van der Waals surface area contributed by atoms with Crippen LogP contribution in [0.1, 0.15) is 5.56 Å². The molecule has 0 saturated carbocycles. The van der Waals surface area contributed by atoms with Gasteiger partial charge in [-0.2, -0.15) is 0 Å². The Morgan fingerprint density at radius 1 is 1.33 bits per heavy atom. The topological polar surface area (TPSA) is 105 Å². The summed E-state index contributed by atoms with van der Waals surface area (Å²) in [5.74, 6) is -0.189. The maximum absolute atomic E-state index is 12.4. The molecule has 0 unspecified atom stereocenters. The van der Waals surface area contributed by atoms with Crippen molar-refractivity contribution >= 4 is 64.7 Å². The number of benzene rings is 1. The van der Waals surface area contributed by atoms with E-state index in [0.717, 1.165) is 11.3 Å². The largest absolute Gasteiger partial charge is 0.409 e. The predicted molar refractivity (Wildman–Crippen MR) is 89.5 cm³/mol. The molecule has 1 aromatic heterocycles. The van der Waals surface area contributed by atoms with Crippen molar-refractivity contribution in [2.24, 2.45) is 10.9 Å². The normalized spacial score (nSPS) is 12.4. The lowest BCUT2D eigenvalue weighted by Gasteiger charge is -2.11. The maximum Gasteiger partial charge on any atom is 0.272 e. The molecule has 0 radical (unpaired) electrons. The molecule has 1 aromatic carbocycles. The SMILES string of the molecule is N/C(=N/O)c1ccc(Br)cc1NS(=O)(=O)c1sccc1Br. The number of nitrogens with two attached hydrogens (primary N) is 1. The van der Waals surface area contributed by atoms with E-state index in [1.54, 1.807) is 23.6 Å². The summed E-state index contributed by atoms with van der Waals surface area (Å²) >= 11 is 7.52. The summed E-state index contributed by atoms with van der Waals surface area (Å²) in [4.78, 5) is 0. The molecule has 0 aliphatic carbocycles. The van der Waals surface area contributed by atoms with Crippen molar-refractivity contribution < 1.29 is 13.6 Å². The van der Waals surface area contributed by atoms with Gasteiger partial charge in [-0.25, -0.2) is 8.42 Å². The molecule has 21 heavy (non-hydrogen) atoms. The molecule has 0 spiro atoms. The van der Waals surface area contributed by atoms with E-state index < -0.39 is 10.0 Å². The van der Waals surface area contributed by atoms with Gasteiger partial charge in [0.05, 0.1) is 5.69 Å². The third-order valence-electron chi connectivity index (χ3n) is 2.44. The minimum Gasteiger partial charge on any atom is -0.409 e. The number of halogens is 2. The lowest BCUT2D eigenvalue weighted by atomic mass is 10.2. The highest BCUT2D eigenvalue weighted by Crippen LogP contribution is 2.31. The van der Waals surface area contributed by atoms with E-state index >= 15 is 0 Å². The summed E-state index contributed by atoms with van der Waals surface area (Å²) in [5, 5.41) is 13.3. The molecule has 0 amide bonds. The summed E-state index contributed by atoms with van der Waals surface area (Å²) < 4.78 is 28.4. The quantitative estimate of drug-likeness (QED) is 0.285. The lowest BCUT2D eigenvalue weighted by Crippen LogP contribution is -2.19. The predicted octanol–water partition coefficient (Wildman–Crippen LogP) is 3.17. The zero-order valence-electron chi connectivity index (χ0n) is 10.2. The average molecular weight is 455 g/mol. The van der Waals surface area contributed by atoms with Gasteiger partial charge in [0.25, 0.3) is 10.0 Å². The standard InChI is InChI=1S/C11H9Br2N3O3S2/c12-6-1-2-7(10(14)15-17)9(5-6)16-21(18,19)11-8(13)3-4-20-11/h1-5,16-17H,(H2,14,15). The van der Waals surface area contributed by atoms with E-state index in [9.17, 15) is 8.42 Å². The fourth-order valence-corrected chi connectivity index (χ4v) is 5.31. The van der Waals surface area contributed by atoms with Crippen LogP contribution < -0.4 is 10.5 Å². The van der Waals surface area contributed by atoms with E-state index in [1.165, 1.54) is 6.07 Å². The summed E-state index contributed by atoms with van der Waals surface area (Å²) in [6.45, 7) is 0. The molecule has 0 bridgehead atoms. The second kappa shape index (κ2) is 6.34. The van der Waals surface area contributed by atoms with Gasteiger partial charge in [0.15, 0.2) is 10.0 Å². The van der Waals surface area contributed by atoms with Crippen LogP contribution in [-0.4, -0.2) is 19.5 Å². The van der Waals surface area contributed by atoms with Gasteiger partial charge in [-0.3, -0.25) is 4.72 Å². The fourth-order valence-electron chi connectivity index (χ4n) is 1.54. The molecule has 10 heteroatoms. The van der Waals surface area contributed by atoms with E-state index in [0.29, 0.717) is 8.95 Å². The Hall–Kier alpha value is -1.10. The molecule has 4 N–H and O–H groups in total. The van der Waals surface area contributed by atoms with Crippen molar-refractivity contribution in [1.29, 1.82) is 0 Å². The summed E-state index contributed by atoms with van der Waals surface area (Å²) in [6, 6.07) is 6.38. The van der Waals surface area contributed by atoms with Crippen LogP contribution in [0.5, 0.6) is 0 Å². The van der Waals surface area contributed by atoms with Crippen molar-refractivity contribution in [1.82, 2.24) is 0 Å². The number of amidine groups is 1. The molecule has 0 saturated heterocycles. The molecular weight excluding hydrogens is 446 g/mol. The van der Waals surface area contributed by atoms with E-state index in [4.69, 9.17) is 10.9 Å². The zero-order chi connectivity index (χ0) is 15.6. The molecular formula is C11H9Br2N3O3S2. The first-order chi connectivity index (χ1) is 9.85. The van der Waals surface area contributed by atoms with Crippen molar-refractivity contribution in [3.05, 3.63) is 44.2 Å². The molecule has 6 nitrogen and oxygen atoms in total. The summed E-state index contributed by atoms with van der Waals surface area (Å²) in [6.07, 6.45) is 0. The summed E-state index contributed by atoms with van der Waals surface area (Å²) in [5.41, 5.74) is 6.04. The van der Waals surface area contributed by atoms with E-state index in [-0.39, 0.29) is 21.3 Å². The Morgan fingerprint density at radius 2 is 2.05 bits per heavy atom. The zero-order valence-corrected chi connectivity index (χ0v) is 15.1. The van der Waals surface area contributed by atoms with Gasteiger partial charge in [0.2, 0.25) is 0 Å². The van der Waals surface area contributed by atoms with E-state index in [1.807, 2.05) is 0 Å². The number of nitrogens with one attached hydrogen (secondary N) is 1. The number of hydrogen-bond donors (Lipinski definition) is 3. The lowest BCUT2D eigenvalue weighted by molar-refractivity contribution is 0.318. The molecule has 1 heterocycles. The monoisotopic (exact) mass is 453 g/mol. The number of rotatable bonds is 4. The van der Waals surface area contributed by atoms with Crippen molar-refractivity contribution in [2.45, 2.75) is 4.21 Å². The van der Waals surface area contributed by atoms with Crippen molar-refractivity contribution in [3.8, 4) is 0 Å². The smallest absolute Gasteiger partial charge is 0.272 e. The van der Waals surface area contributed by atoms with Gasteiger partial charge in [-0.05, 0) is 45.6 Å². The third kappa shape index (κ3) is 3.57. The molecule has 0 aliphatic rings. The number of anilines is 1. The highest BCUT2D eigenvalue weighted by atomic mass is 79.9. The fraction of sp³-hybridized carbons (Fsp3) is 0.